The number of hydrogen-bond acceptors (Lipinski definition) is 3. The van der Waals surface area contributed by atoms with Crippen LogP contribution in [0.25, 0.3) is 11.1 Å². The zero-order chi connectivity index (χ0) is 17.0. The third-order valence-electron chi connectivity index (χ3n) is 3.10. The van der Waals surface area contributed by atoms with Gasteiger partial charge in [-0.2, -0.15) is 13.2 Å². The molecule has 0 aliphatic rings. The summed E-state index contributed by atoms with van der Waals surface area (Å²) >= 11 is 0. The van der Waals surface area contributed by atoms with Crippen molar-refractivity contribution in [2.45, 2.75) is 25.6 Å². The van der Waals surface area contributed by atoms with Gasteiger partial charge in [-0.1, -0.05) is 12.1 Å². The molecule has 4 nitrogen and oxygen atoms in total. The van der Waals surface area contributed by atoms with Gasteiger partial charge in [0.2, 0.25) is 5.91 Å². The Balaban J connectivity index is 2.43. The van der Waals surface area contributed by atoms with Gasteiger partial charge in [-0.15, -0.1) is 0 Å². The minimum absolute atomic E-state index is 0.0166. The lowest BCUT2D eigenvalue weighted by Crippen LogP contribution is -2.24. The van der Waals surface area contributed by atoms with Gasteiger partial charge in [-0.25, -0.2) is 0 Å². The first-order chi connectivity index (χ1) is 10.8. The Hall–Kier alpha value is -2.41. The first kappa shape index (κ1) is 17.0. The van der Waals surface area contributed by atoms with E-state index in [2.05, 4.69) is 10.3 Å². The molecule has 0 saturated heterocycles. The SMILES string of the molecule is CC(N)CC(=O)Nc1cc(C(F)(F)F)ccc1-c1cccnc1. The molecule has 0 aliphatic carbocycles. The largest absolute Gasteiger partial charge is 0.416 e. The Morgan fingerprint density at radius 2 is 2.09 bits per heavy atom. The van der Waals surface area contributed by atoms with Crippen molar-refractivity contribution in [3.05, 3.63) is 48.3 Å². The summed E-state index contributed by atoms with van der Waals surface area (Å²) in [5.74, 6) is -0.440. The van der Waals surface area contributed by atoms with Crippen LogP contribution in [0.3, 0.4) is 0 Å². The maximum atomic E-state index is 12.9. The minimum atomic E-state index is -4.49. The van der Waals surface area contributed by atoms with Gasteiger partial charge in [0.15, 0.2) is 0 Å². The van der Waals surface area contributed by atoms with Crippen molar-refractivity contribution in [2.75, 3.05) is 5.32 Å². The molecule has 0 fully saturated rings. The number of rotatable bonds is 4. The fraction of sp³-hybridized carbons (Fsp3) is 0.250. The number of carbonyl (C=O) groups excluding carboxylic acids is 1. The van der Waals surface area contributed by atoms with E-state index in [4.69, 9.17) is 5.73 Å². The standard InChI is InChI=1S/C16H16F3N3O/c1-10(20)7-15(23)22-14-8-12(16(17,18)19)4-5-13(14)11-3-2-6-21-9-11/h2-6,8-10H,7,20H2,1H3,(H,22,23). The number of pyridine rings is 1. The van der Waals surface area contributed by atoms with Crippen LogP contribution in [-0.4, -0.2) is 16.9 Å². The Morgan fingerprint density at radius 3 is 2.65 bits per heavy atom. The summed E-state index contributed by atoms with van der Waals surface area (Å²) in [5.41, 5.74) is 5.86. The van der Waals surface area contributed by atoms with Crippen molar-refractivity contribution in [1.82, 2.24) is 4.98 Å². The Kier molecular flexibility index (Phi) is 5.00. The molecular weight excluding hydrogens is 307 g/mol. The fourth-order valence-electron chi connectivity index (χ4n) is 2.09. The number of halogens is 3. The average molecular weight is 323 g/mol. The second-order valence-electron chi connectivity index (χ2n) is 5.23. The highest BCUT2D eigenvalue weighted by atomic mass is 19.4. The van der Waals surface area contributed by atoms with E-state index in [9.17, 15) is 18.0 Å². The number of alkyl halides is 3. The number of carbonyl (C=O) groups is 1. The summed E-state index contributed by atoms with van der Waals surface area (Å²) < 4.78 is 38.7. The van der Waals surface area contributed by atoms with Gasteiger partial charge in [0.1, 0.15) is 0 Å². The quantitative estimate of drug-likeness (QED) is 0.905. The lowest BCUT2D eigenvalue weighted by Gasteiger charge is -2.15. The van der Waals surface area contributed by atoms with E-state index in [0.717, 1.165) is 12.1 Å². The van der Waals surface area contributed by atoms with Crippen LogP contribution in [0.2, 0.25) is 0 Å². The van der Waals surface area contributed by atoms with Gasteiger partial charge in [0, 0.05) is 41.7 Å². The van der Waals surface area contributed by atoms with Crippen LogP contribution in [0.4, 0.5) is 18.9 Å². The van der Waals surface area contributed by atoms with Crippen LogP contribution in [0.5, 0.6) is 0 Å². The normalized spacial score (nSPS) is 12.7. The van der Waals surface area contributed by atoms with Crippen LogP contribution in [-0.2, 0) is 11.0 Å². The molecule has 0 saturated carbocycles. The van der Waals surface area contributed by atoms with E-state index < -0.39 is 17.6 Å². The van der Waals surface area contributed by atoms with E-state index >= 15 is 0 Å². The number of nitrogens with one attached hydrogen (secondary N) is 1. The Labute approximate surface area is 131 Å². The van der Waals surface area contributed by atoms with Crippen LogP contribution < -0.4 is 11.1 Å². The summed E-state index contributed by atoms with van der Waals surface area (Å²) in [6, 6.07) is 6.20. The maximum Gasteiger partial charge on any atom is 0.416 e. The minimum Gasteiger partial charge on any atom is -0.327 e. The number of amides is 1. The van der Waals surface area contributed by atoms with Gasteiger partial charge in [0.25, 0.3) is 0 Å². The zero-order valence-corrected chi connectivity index (χ0v) is 12.4. The molecule has 122 valence electrons. The monoisotopic (exact) mass is 323 g/mol. The van der Waals surface area contributed by atoms with Crippen molar-refractivity contribution >= 4 is 11.6 Å². The van der Waals surface area contributed by atoms with Gasteiger partial charge in [-0.3, -0.25) is 9.78 Å². The summed E-state index contributed by atoms with van der Waals surface area (Å²) in [6.45, 7) is 1.65. The van der Waals surface area contributed by atoms with E-state index in [1.807, 2.05) is 0 Å². The molecule has 0 aliphatic heterocycles. The molecule has 1 aromatic heterocycles. The molecule has 1 amide bonds. The highest BCUT2D eigenvalue weighted by molar-refractivity contribution is 5.95. The number of hydrogen-bond donors (Lipinski definition) is 2. The predicted molar refractivity (Wildman–Crippen MR) is 81.6 cm³/mol. The highest BCUT2D eigenvalue weighted by Crippen LogP contribution is 2.35. The van der Waals surface area contributed by atoms with Crippen molar-refractivity contribution in [1.29, 1.82) is 0 Å². The second kappa shape index (κ2) is 6.78. The third kappa shape index (κ3) is 4.53. The molecule has 1 aromatic carbocycles. The summed E-state index contributed by atoms with van der Waals surface area (Å²) in [6.07, 6.45) is -1.40. The molecule has 0 radical (unpaired) electrons. The van der Waals surface area contributed by atoms with Crippen LogP contribution in [0.15, 0.2) is 42.7 Å². The van der Waals surface area contributed by atoms with Crippen LogP contribution in [0.1, 0.15) is 18.9 Å². The van der Waals surface area contributed by atoms with Gasteiger partial charge >= 0.3 is 6.18 Å². The topological polar surface area (TPSA) is 68.0 Å². The van der Waals surface area contributed by atoms with Crippen molar-refractivity contribution < 1.29 is 18.0 Å². The summed E-state index contributed by atoms with van der Waals surface area (Å²) in [5, 5.41) is 2.51. The van der Waals surface area contributed by atoms with Crippen LogP contribution in [0, 0.1) is 0 Å². The number of nitrogens with two attached hydrogens (primary N) is 1. The zero-order valence-electron chi connectivity index (χ0n) is 12.4. The molecule has 23 heavy (non-hydrogen) atoms. The van der Waals surface area contributed by atoms with E-state index in [1.165, 1.54) is 12.3 Å². The molecule has 1 heterocycles. The van der Waals surface area contributed by atoms with Crippen molar-refractivity contribution in [3.63, 3.8) is 0 Å². The second-order valence-corrected chi connectivity index (χ2v) is 5.23. The lowest BCUT2D eigenvalue weighted by atomic mass is 10.0. The number of aromatic nitrogens is 1. The summed E-state index contributed by atoms with van der Waals surface area (Å²) in [4.78, 5) is 15.8. The van der Waals surface area contributed by atoms with E-state index in [0.29, 0.717) is 11.1 Å². The molecular formula is C16H16F3N3O. The molecule has 0 bridgehead atoms. The van der Waals surface area contributed by atoms with Gasteiger partial charge in [0.05, 0.1) is 5.56 Å². The van der Waals surface area contributed by atoms with E-state index in [-0.39, 0.29) is 18.2 Å². The molecule has 0 spiro atoms. The molecule has 1 atom stereocenters. The number of benzene rings is 1. The molecule has 7 heteroatoms. The third-order valence-corrected chi connectivity index (χ3v) is 3.10. The fourth-order valence-corrected chi connectivity index (χ4v) is 2.09. The lowest BCUT2D eigenvalue weighted by molar-refractivity contribution is -0.137. The predicted octanol–water partition coefficient (Wildman–Crippen LogP) is 3.44. The molecule has 3 N–H and O–H groups in total. The van der Waals surface area contributed by atoms with Gasteiger partial charge in [-0.05, 0) is 25.1 Å². The number of anilines is 1. The van der Waals surface area contributed by atoms with Crippen molar-refractivity contribution in [3.8, 4) is 11.1 Å². The van der Waals surface area contributed by atoms with Crippen LogP contribution >= 0.6 is 0 Å². The highest BCUT2D eigenvalue weighted by Gasteiger charge is 2.31. The van der Waals surface area contributed by atoms with Crippen molar-refractivity contribution in [2.24, 2.45) is 5.73 Å². The first-order valence-electron chi connectivity index (χ1n) is 6.94. The summed E-state index contributed by atoms with van der Waals surface area (Å²) in [7, 11) is 0. The van der Waals surface area contributed by atoms with E-state index in [1.54, 1.807) is 25.3 Å². The molecule has 1 unspecified atom stereocenters. The maximum absolute atomic E-state index is 12.9. The molecule has 2 aromatic rings. The average Bonchev–Trinajstić information content (AvgIpc) is 2.46. The Morgan fingerprint density at radius 1 is 1.35 bits per heavy atom. The smallest absolute Gasteiger partial charge is 0.327 e. The Bertz CT molecular complexity index is 685. The molecule has 2 rings (SSSR count). The first-order valence-corrected chi connectivity index (χ1v) is 6.94. The van der Waals surface area contributed by atoms with Gasteiger partial charge < -0.3 is 11.1 Å². The number of nitrogens with zero attached hydrogens (tertiary/aromatic N) is 1.